The molecule has 0 aliphatic heterocycles. The summed E-state index contributed by atoms with van der Waals surface area (Å²) in [6.45, 7) is 4.70. The van der Waals surface area contributed by atoms with E-state index in [0.29, 0.717) is 0 Å². The lowest BCUT2D eigenvalue weighted by molar-refractivity contribution is 0.660. The van der Waals surface area contributed by atoms with Crippen molar-refractivity contribution in [2.75, 3.05) is 4.90 Å². The molecule has 1 aliphatic carbocycles. The number of para-hydroxylation sites is 2. The Morgan fingerprint density at radius 1 is 0.282 bits per heavy atom. The lowest BCUT2D eigenvalue weighted by atomic mass is 9.82. The van der Waals surface area contributed by atoms with E-state index in [1.165, 1.54) is 105 Å². The first-order chi connectivity index (χ1) is 34.9. The molecule has 0 atom stereocenters. The smallest absolute Gasteiger partial charge is 0.0541 e. The predicted molar refractivity (Wildman–Crippen MR) is 300 cm³/mol. The van der Waals surface area contributed by atoms with E-state index in [-0.39, 0.29) is 5.41 Å². The highest BCUT2D eigenvalue weighted by Crippen LogP contribution is 2.51. The quantitative estimate of drug-likeness (QED) is 0.140. The van der Waals surface area contributed by atoms with Crippen LogP contribution in [-0.4, -0.2) is 4.57 Å². The lowest BCUT2D eigenvalue weighted by Gasteiger charge is -2.28. The molecule has 0 radical (unpaired) electrons. The largest absolute Gasteiger partial charge is 0.310 e. The van der Waals surface area contributed by atoms with Gasteiger partial charge in [-0.1, -0.05) is 214 Å². The summed E-state index contributed by atoms with van der Waals surface area (Å²) in [6.07, 6.45) is 0. The third-order valence-corrected chi connectivity index (χ3v) is 14.9. The Labute approximate surface area is 416 Å². The second-order valence-corrected chi connectivity index (χ2v) is 19.3. The number of anilines is 3. The van der Waals surface area contributed by atoms with Crippen LogP contribution in [0.4, 0.5) is 17.1 Å². The highest BCUT2D eigenvalue weighted by Gasteiger charge is 2.35. The Balaban J connectivity index is 0.743. The van der Waals surface area contributed by atoms with Crippen molar-refractivity contribution < 1.29 is 0 Å². The third-order valence-electron chi connectivity index (χ3n) is 14.9. The van der Waals surface area contributed by atoms with Crippen molar-refractivity contribution in [2.24, 2.45) is 0 Å². The van der Waals surface area contributed by atoms with E-state index in [1.807, 2.05) is 0 Å². The minimum Gasteiger partial charge on any atom is -0.310 e. The zero-order valence-corrected chi connectivity index (χ0v) is 39.8. The highest BCUT2D eigenvalue weighted by atomic mass is 15.1. The normalized spacial score (nSPS) is 12.5. The van der Waals surface area contributed by atoms with Gasteiger partial charge in [-0.2, -0.15) is 0 Å². The van der Waals surface area contributed by atoms with Gasteiger partial charge in [0.15, 0.2) is 0 Å². The van der Waals surface area contributed by atoms with Crippen LogP contribution in [0.25, 0.3) is 94.3 Å². The zero-order valence-electron chi connectivity index (χ0n) is 39.8. The maximum Gasteiger partial charge on any atom is 0.0541 e. The molecule has 0 unspecified atom stereocenters. The van der Waals surface area contributed by atoms with Gasteiger partial charge in [0.05, 0.1) is 11.0 Å². The molecule has 2 heteroatoms. The first kappa shape index (κ1) is 42.1. The molecule has 1 aromatic heterocycles. The van der Waals surface area contributed by atoms with Crippen LogP contribution in [-0.2, 0) is 5.41 Å². The molecule has 1 heterocycles. The second-order valence-electron chi connectivity index (χ2n) is 19.3. The number of rotatable bonds is 9. The number of benzene rings is 11. The van der Waals surface area contributed by atoms with Crippen molar-refractivity contribution in [3.63, 3.8) is 0 Å². The molecule has 0 amide bonds. The lowest BCUT2D eigenvalue weighted by Crippen LogP contribution is -2.16. The molecular formula is C69H50N2. The minimum absolute atomic E-state index is 0.0959. The molecule has 0 N–H and O–H groups in total. The van der Waals surface area contributed by atoms with Crippen molar-refractivity contribution >= 4 is 38.9 Å². The summed E-state index contributed by atoms with van der Waals surface area (Å²) in [7, 11) is 0. The van der Waals surface area contributed by atoms with Crippen LogP contribution in [0.15, 0.2) is 267 Å². The summed E-state index contributed by atoms with van der Waals surface area (Å²) in [5, 5.41) is 2.53. The summed E-state index contributed by atoms with van der Waals surface area (Å²) < 4.78 is 2.37. The molecule has 71 heavy (non-hydrogen) atoms. The Morgan fingerprint density at radius 2 is 0.676 bits per heavy atom. The van der Waals surface area contributed by atoms with E-state index in [2.05, 4.69) is 290 Å². The fourth-order valence-electron chi connectivity index (χ4n) is 11.1. The van der Waals surface area contributed by atoms with Crippen molar-refractivity contribution in [2.45, 2.75) is 19.3 Å². The maximum atomic E-state index is 2.41. The minimum atomic E-state index is -0.0959. The maximum absolute atomic E-state index is 2.41. The molecule has 0 bridgehead atoms. The summed E-state index contributed by atoms with van der Waals surface area (Å²) >= 11 is 0. The predicted octanol–water partition coefficient (Wildman–Crippen LogP) is 18.9. The zero-order chi connectivity index (χ0) is 47.5. The summed E-state index contributed by atoms with van der Waals surface area (Å²) in [6, 6.07) is 97.6. The van der Waals surface area contributed by atoms with Gasteiger partial charge in [-0.25, -0.2) is 0 Å². The monoisotopic (exact) mass is 906 g/mol. The van der Waals surface area contributed by atoms with Crippen LogP contribution >= 0.6 is 0 Å². The Bertz CT molecular complexity index is 3880. The first-order valence-corrected chi connectivity index (χ1v) is 24.7. The Kier molecular flexibility index (Phi) is 10.2. The van der Waals surface area contributed by atoms with Gasteiger partial charge >= 0.3 is 0 Å². The average molecular weight is 907 g/mol. The van der Waals surface area contributed by atoms with Crippen LogP contribution in [0.1, 0.15) is 25.0 Å². The molecule has 11 aromatic carbocycles. The molecule has 0 saturated carbocycles. The van der Waals surface area contributed by atoms with Crippen LogP contribution in [0, 0.1) is 0 Å². The fraction of sp³-hybridized carbons (Fsp3) is 0.0435. The summed E-state index contributed by atoms with van der Waals surface area (Å²) in [4.78, 5) is 2.39. The summed E-state index contributed by atoms with van der Waals surface area (Å²) in [5.41, 5.74) is 24.3. The van der Waals surface area contributed by atoms with Gasteiger partial charge in [0.1, 0.15) is 0 Å². The van der Waals surface area contributed by atoms with E-state index in [1.54, 1.807) is 0 Å². The SMILES string of the molecule is CC1(C)c2ccccc2-c2ccc(N(c3ccc(-c4ccccc4)cc3)c3ccc(-c4ccc(-c5ccc(-c6ccc(-c7ccc8c(c7)c7ccccc7n8-c7ccccc7)cc6)cc5)cc4)cc3)cc21. The van der Waals surface area contributed by atoms with Crippen LogP contribution in [0.2, 0.25) is 0 Å². The third kappa shape index (κ3) is 7.44. The first-order valence-electron chi connectivity index (χ1n) is 24.7. The standard InChI is InChI=1S/C69H50N2/c1-69(2)65-19-11-9-17-61(65)62-43-42-60(46-66(62)69)70(58-38-33-53(34-39-58)47-13-5-3-6-14-47)59-40-35-54(36-41-59)52-27-25-49(26-28-52)48-21-23-50(24-22-48)51-29-31-55(32-30-51)56-37-44-68-64(45-56)63-18-10-12-20-67(63)71(68)57-15-7-4-8-16-57/h3-46H,1-2H3. The molecule has 0 saturated heterocycles. The van der Waals surface area contributed by atoms with Gasteiger partial charge in [-0.3, -0.25) is 0 Å². The topological polar surface area (TPSA) is 8.17 Å². The molecule has 12 aromatic rings. The van der Waals surface area contributed by atoms with Crippen molar-refractivity contribution in [3.8, 4) is 72.4 Å². The van der Waals surface area contributed by atoms with E-state index in [4.69, 9.17) is 0 Å². The number of hydrogen-bond donors (Lipinski definition) is 0. The molecule has 336 valence electrons. The number of nitrogens with zero attached hydrogens (tertiary/aromatic N) is 2. The van der Waals surface area contributed by atoms with Gasteiger partial charge in [-0.05, 0) is 145 Å². The van der Waals surface area contributed by atoms with Gasteiger partial charge < -0.3 is 9.47 Å². The molecule has 13 rings (SSSR count). The Morgan fingerprint density at radius 3 is 1.24 bits per heavy atom. The molecular weight excluding hydrogens is 857 g/mol. The van der Waals surface area contributed by atoms with E-state index in [0.717, 1.165) is 17.1 Å². The number of aromatic nitrogens is 1. The summed E-state index contributed by atoms with van der Waals surface area (Å²) in [5.74, 6) is 0. The highest BCUT2D eigenvalue weighted by molar-refractivity contribution is 6.10. The average Bonchev–Trinajstić information content (AvgIpc) is 3.89. The second kappa shape index (κ2) is 17.2. The van der Waals surface area contributed by atoms with Gasteiger partial charge in [-0.15, -0.1) is 0 Å². The molecule has 1 aliphatic rings. The molecule has 0 fully saturated rings. The van der Waals surface area contributed by atoms with Crippen LogP contribution in [0.3, 0.4) is 0 Å². The van der Waals surface area contributed by atoms with Crippen molar-refractivity contribution in [3.05, 3.63) is 278 Å². The van der Waals surface area contributed by atoms with Crippen LogP contribution < -0.4 is 4.90 Å². The number of fused-ring (bicyclic) bond motifs is 6. The van der Waals surface area contributed by atoms with Crippen molar-refractivity contribution in [1.82, 2.24) is 4.57 Å². The van der Waals surface area contributed by atoms with Gasteiger partial charge in [0, 0.05) is 38.9 Å². The molecule has 2 nitrogen and oxygen atoms in total. The van der Waals surface area contributed by atoms with E-state index >= 15 is 0 Å². The Hall–Kier alpha value is -8.98. The van der Waals surface area contributed by atoms with Gasteiger partial charge in [0.25, 0.3) is 0 Å². The van der Waals surface area contributed by atoms with Crippen molar-refractivity contribution in [1.29, 1.82) is 0 Å². The van der Waals surface area contributed by atoms with Crippen LogP contribution in [0.5, 0.6) is 0 Å². The fourth-order valence-corrected chi connectivity index (χ4v) is 11.1. The molecule has 0 spiro atoms. The van der Waals surface area contributed by atoms with Gasteiger partial charge in [0.2, 0.25) is 0 Å². The number of hydrogen-bond acceptors (Lipinski definition) is 1. The van der Waals surface area contributed by atoms with E-state index < -0.39 is 0 Å². The van der Waals surface area contributed by atoms with E-state index in [9.17, 15) is 0 Å².